The van der Waals surface area contributed by atoms with Gasteiger partial charge >= 0.3 is 5.69 Å². The highest BCUT2D eigenvalue weighted by molar-refractivity contribution is 5.59. The largest absolute Gasteiger partial charge is 0.487 e. The van der Waals surface area contributed by atoms with E-state index in [1.807, 2.05) is 6.92 Å². The summed E-state index contributed by atoms with van der Waals surface area (Å²) in [5.74, 6) is 0.349. The highest BCUT2D eigenvalue weighted by Gasteiger charge is 2.18. The summed E-state index contributed by atoms with van der Waals surface area (Å²) in [5, 5.41) is 14.3. The van der Waals surface area contributed by atoms with Gasteiger partial charge in [0.1, 0.15) is 0 Å². The average Bonchev–Trinajstić information content (AvgIpc) is 2.67. The Balaban J connectivity index is 2.25. The van der Waals surface area contributed by atoms with E-state index in [1.165, 1.54) is 6.07 Å². The molecule has 1 aromatic rings. The molecule has 0 atom stereocenters. The summed E-state index contributed by atoms with van der Waals surface area (Å²) in [6.45, 7) is 6.06. The van der Waals surface area contributed by atoms with Crippen LogP contribution in [0.2, 0.25) is 0 Å². The first-order valence-corrected chi connectivity index (χ1v) is 6.59. The van der Waals surface area contributed by atoms with Crippen molar-refractivity contribution in [1.82, 2.24) is 5.32 Å². The number of rotatable bonds is 4. The molecule has 1 fully saturated rings. The molecule has 0 saturated carbocycles. The summed E-state index contributed by atoms with van der Waals surface area (Å²) in [5.41, 5.74) is 1.01. The molecule has 19 heavy (non-hydrogen) atoms. The number of nitro benzene ring substituents is 1. The number of hydrogen-bond donors (Lipinski definition) is 1. The molecular weight excluding hydrogens is 246 g/mol. The number of nitro groups is 1. The lowest BCUT2D eigenvalue weighted by Gasteiger charge is -2.22. The van der Waals surface area contributed by atoms with E-state index in [-0.39, 0.29) is 5.69 Å². The van der Waals surface area contributed by atoms with Gasteiger partial charge in [0, 0.05) is 37.5 Å². The molecule has 1 aliphatic heterocycles. The Kier molecular flexibility index (Phi) is 4.57. The lowest BCUT2D eigenvalue weighted by molar-refractivity contribution is -0.385. The van der Waals surface area contributed by atoms with Crippen molar-refractivity contribution in [3.63, 3.8) is 0 Å². The molecule has 0 spiro atoms. The molecule has 1 saturated heterocycles. The standard InChI is InChI=1S/C13H19N3O3/c1-2-19-13-10-11(4-5-12(13)16(17)18)15-8-3-6-14-7-9-15/h4-5,10,14H,2-3,6-9H2,1H3. The molecule has 0 amide bonds. The van der Waals surface area contributed by atoms with Crippen molar-refractivity contribution in [2.45, 2.75) is 13.3 Å². The van der Waals surface area contributed by atoms with Crippen LogP contribution in [0.4, 0.5) is 11.4 Å². The van der Waals surface area contributed by atoms with E-state index in [0.717, 1.165) is 38.3 Å². The van der Waals surface area contributed by atoms with Crippen molar-refractivity contribution < 1.29 is 9.66 Å². The first kappa shape index (κ1) is 13.6. The first-order valence-electron chi connectivity index (χ1n) is 6.59. The van der Waals surface area contributed by atoms with E-state index in [4.69, 9.17) is 4.74 Å². The molecule has 104 valence electrons. The Bertz CT molecular complexity index is 443. The van der Waals surface area contributed by atoms with E-state index in [2.05, 4.69) is 10.2 Å². The lowest BCUT2D eigenvalue weighted by atomic mass is 10.2. The molecule has 0 radical (unpaired) electrons. The van der Waals surface area contributed by atoms with Gasteiger partial charge in [-0.25, -0.2) is 0 Å². The first-order chi connectivity index (χ1) is 9.22. The van der Waals surface area contributed by atoms with Gasteiger partial charge in [0.05, 0.1) is 11.5 Å². The normalized spacial score (nSPS) is 15.9. The minimum atomic E-state index is -0.404. The van der Waals surface area contributed by atoms with E-state index in [9.17, 15) is 10.1 Å². The average molecular weight is 265 g/mol. The number of nitrogens with one attached hydrogen (secondary N) is 1. The SMILES string of the molecule is CCOc1cc(N2CCCNCC2)ccc1[N+](=O)[O-]. The van der Waals surface area contributed by atoms with Gasteiger partial charge in [-0.15, -0.1) is 0 Å². The van der Waals surface area contributed by atoms with Crippen LogP contribution in [0, 0.1) is 10.1 Å². The molecule has 6 heteroatoms. The Morgan fingerprint density at radius 1 is 1.42 bits per heavy atom. The monoisotopic (exact) mass is 265 g/mol. The number of hydrogen-bond acceptors (Lipinski definition) is 5. The Morgan fingerprint density at radius 3 is 3.00 bits per heavy atom. The molecule has 0 aromatic heterocycles. The third-order valence-corrected chi connectivity index (χ3v) is 3.15. The fourth-order valence-corrected chi connectivity index (χ4v) is 2.23. The van der Waals surface area contributed by atoms with Crippen LogP contribution in [0.3, 0.4) is 0 Å². The van der Waals surface area contributed by atoms with Gasteiger partial charge in [0.25, 0.3) is 0 Å². The van der Waals surface area contributed by atoms with Crippen LogP contribution < -0.4 is 15.0 Å². The van der Waals surface area contributed by atoms with Gasteiger partial charge in [-0.1, -0.05) is 0 Å². The summed E-state index contributed by atoms with van der Waals surface area (Å²) in [4.78, 5) is 12.8. The fourth-order valence-electron chi connectivity index (χ4n) is 2.23. The second-order valence-electron chi connectivity index (χ2n) is 4.43. The third kappa shape index (κ3) is 3.35. The van der Waals surface area contributed by atoms with Crippen molar-refractivity contribution >= 4 is 11.4 Å². The van der Waals surface area contributed by atoms with Crippen molar-refractivity contribution in [3.05, 3.63) is 28.3 Å². The summed E-state index contributed by atoms with van der Waals surface area (Å²) in [6, 6.07) is 5.09. The second kappa shape index (κ2) is 6.38. The summed E-state index contributed by atoms with van der Waals surface area (Å²) < 4.78 is 5.38. The number of anilines is 1. The maximum Gasteiger partial charge on any atom is 0.311 e. The molecular formula is C13H19N3O3. The Labute approximate surface area is 112 Å². The smallest absolute Gasteiger partial charge is 0.311 e. The molecule has 1 heterocycles. The lowest BCUT2D eigenvalue weighted by Crippen LogP contribution is -2.27. The highest BCUT2D eigenvalue weighted by Crippen LogP contribution is 2.31. The van der Waals surface area contributed by atoms with Gasteiger partial charge in [-0.05, 0) is 26.0 Å². The molecule has 2 rings (SSSR count). The Morgan fingerprint density at radius 2 is 2.26 bits per heavy atom. The van der Waals surface area contributed by atoms with Crippen LogP contribution in [0.25, 0.3) is 0 Å². The molecule has 0 bridgehead atoms. The minimum absolute atomic E-state index is 0.0264. The molecule has 1 aromatic carbocycles. The highest BCUT2D eigenvalue weighted by atomic mass is 16.6. The van der Waals surface area contributed by atoms with Crippen molar-refractivity contribution in [2.24, 2.45) is 0 Å². The zero-order valence-corrected chi connectivity index (χ0v) is 11.1. The van der Waals surface area contributed by atoms with E-state index in [1.54, 1.807) is 12.1 Å². The van der Waals surface area contributed by atoms with Crippen LogP contribution in [0.15, 0.2) is 18.2 Å². The topological polar surface area (TPSA) is 67.6 Å². The van der Waals surface area contributed by atoms with E-state index in [0.29, 0.717) is 12.4 Å². The molecule has 0 aliphatic carbocycles. The predicted octanol–water partition coefficient (Wildman–Crippen LogP) is 1.79. The molecule has 6 nitrogen and oxygen atoms in total. The van der Waals surface area contributed by atoms with Crippen LogP contribution in [-0.4, -0.2) is 37.7 Å². The Hall–Kier alpha value is -1.82. The fraction of sp³-hybridized carbons (Fsp3) is 0.538. The van der Waals surface area contributed by atoms with Gasteiger partial charge < -0.3 is 15.0 Å². The van der Waals surface area contributed by atoms with Crippen LogP contribution in [-0.2, 0) is 0 Å². The summed E-state index contributed by atoms with van der Waals surface area (Å²) in [7, 11) is 0. The van der Waals surface area contributed by atoms with Crippen LogP contribution in [0.1, 0.15) is 13.3 Å². The van der Waals surface area contributed by atoms with Crippen molar-refractivity contribution in [1.29, 1.82) is 0 Å². The van der Waals surface area contributed by atoms with Gasteiger partial charge in [-0.3, -0.25) is 10.1 Å². The molecule has 0 unspecified atom stereocenters. The second-order valence-corrected chi connectivity index (χ2v) is 4.43. The number of ether oxygens (including phenoxy) is 1. The predicted molar refractivity (Wildman–Crippen MR) is 74.0 cm³/mol. The quantitative estimate of drug-likeness (QED) is 0.664. The molecule has 1 aliphatic rings. The third-order valence-electron chi connectivity index (χ3n) is 3.15. The van der Waals surface area contributed by atoms with Gasteiger partial charge in [-0.2, -0.15) is 0 Å². The maximum absolute atomic E-state index is 10.9. The zero-order chi connectivity index (χ0) is 13.7. The molecule has 1 N–H and O–H groups in total. The van der Waals surface area contributed by atoms with Crippen molar-refractivity contribution in [2.75, 3.05) is 37.7 Å². The number of benzene rings is 1. The minimum Gasteiger partial charge on any atom is -0.487 e. The van der Waals surface area contributed by atoms with E-state index >= 15 is 0 Å². The van der Waals surface area contributed by atoms with Crippen LogP contribution >= 0.6 is 0 Å². The van der Waals surface area contributed by atoms with Gasteiger partial charge in [0.2, 0.25) is 0 Å². The van der Waals surface area contributed by atoms with Gasteiger partial charge in [0.15, 0.2) is 5.75 Å². The van der Waals surface area contributed by atoms with Crippen LogP contribution in [0.5, 0.6) is 5.75 Å². The zero-order valence-electron chi connectivity index (χ0n) is 11.1. The van der Waals surface area contributed by atoms with E-state index < -0.39 is 4.92 Å². The van der Waals surface area contributed by atoms with Crippen molar-refractivity contribution in [3.8, 4) is 5.75 Å². The number of nitrogens with zero attached hydrogens (tertiary/aromatic N) is 2. The summed E-state index contributed by atoms with van der Waals surface area (Å²) in [6.07, 6.45) is 1.07. The summed E-state index contributed by atoms with van der Waals surface area (Å²) >= 11 is 0. The maximum atomic E-state index is 10.9.